The fraction of sp³-hybridized carbons (Fsp3) is 0.500. The summed E-state index contributed by atoms with van der Waals surface area (Å²) < 4.78 is 38.2. The van der Waals surface area contributed by atoms with Gasteiger partial charge in [0.1, 0.15) is 6.04 Å². The Morgan fingerprint density at radius 2 is 2.25 bits per heavy atom. The number of hydrogen-bond donors (Lipinski definition) is 2. The molecule has 0 saturated heterocycles. The maximum atomic E-state index is 12.4. The third kappa shape index (κ3) is 1.82. The fourth-order valence-corrected chi connectivity index (χ4v) is 1.55. The van der Waals surface area contributed by atoms with E-state index in [0.717, 1.165) is 10.6 Å². The van der Waals surface area contributed by atoms with Gasteiger partial charge in [-0.05, 0) is 6.42 Å². The van der Waals surface area contributed by atoms with Gasteiger partial charge in [-0.25, -0.2) is 0 Å². The zero-order chi connectivity index (χ0) is 11.9. The van der Waals surface area contributed by atoms with Gasteiger partial charge in [0.15, 0.2) is 0 Å². The minimum absolute atomic E-state index is 0.0708. The van der Waals surface area contributed by atoms with Crippen molar-refractivity contribution in [2.45, 2.75) is 25.2 Å². The first-order valence-electron chi connectivity index (χ1n) is 4.52. The van der Waals surface area contributed by atoms with Crippen molar-refractivity contribution < 1.29 is 18.3 Å². The Hall–Kier alpha value is -1.73. The molecule has 0 aromatic carbocycles. The second-order valence-corrected chi connectivity index (χ2v) is 3.46. The molecule has 1 aliphatic heterocycles. The number of aromatic nitrogens is 2. The Morgan fingerprint density at radius 3 is 2.88 bits per heavy atom. The second-order valence-electron chi connectivity index (χ2n) is 3.46. The molecule has 1 aliphatic rings. The highest BCUT2D eigenvalue weighted by atomic mass is 19.4. The predicted molar refractivity (Wildman–Crippen MR) is 48.2 cm³/mol. The van der Waals surface area contributed by atoms with E-state index < -0.39 is 23.7 Å². The Balaban J connectivity index is 2.37. The Kier molecular flexibility index (Phi) is 2.28. The molecule has 5 nitrogen and oxygen atoms in total. The number of anilines is 1. The number of halogens is 3. The van der Waals surface area contributed by atoms with Crippen molar-refractivity contribution in [1.29, 1.82) is 0 Å². The van der Waals surface area contributed by atoms with Crippen LogP contribution in [0.2, 0.25) is 0 Å². The van der Waals surface area contributed by atoms with Crippen molar-refractivity contribution in [3.8, 4) is 5.88 Å². The summed E-state index contributed by atoms with van der Waals surface area (Å²) in [5.74, 6) is -0.842. The van der Waals surface area contributed by atoms with Gasteiger partial charge in [0.05, 0.1) is 6.07 Å². The van der Waals surface area contributed by atoms with E-state index in [4.69, 9.17) is 5.11 Å². The first-order valence-corrected chi connectivity index (χ1v) is 4.52. The summed E-state index contributed by atoms with van der Waals surface area (Å²) in [4.78, 5) is 14.7. The molecule has 0 unspecified atom stereocenters. The molecule has 1 aromatic rings. The third-order valence-electron chi connectivity index (χ3n) is 2.33. The molecule has 88 valence electrons. The van der Waals surface area contributed by atoms with Gasteiger partial charge in [-0.2, -0.15) is 18.2 Å². The molecule has 8 heteroatoms. The Morgan fingerprint density at radius 1 is 1.56 bits per heavy atom. The van der Waals surface area contributed by atoms with Crippen molar-refractivity contribution in [2.75, 3.05) is 5.32 Å². The molecule has 0 saturated carbocycles. The first-order chi connectivity index (χ1) is 7.38. The largest absolute Gasteiger partial charge is 0.493 e. The van der Waals surface area contributed by atoms with Gasteiger partial charge in [-0.3, -0.25) is 9.36 Å². The summed E-state index contributed by atoms with van der Waals surface area (Å²) in [6.45, 7) is -0.0708. The average Bonchev–Trinajstić information content (AvgIpc) is 2.15. The molecule has 0 amide bonds. The quantitative estimate of drug-likeness (QED) is 0.694. The molecule has 16 heavy (non-hydrogen) atoms. The lowest BCUT2D eigenvalue weighted by Gasteiger charge is -2.28. The van der Waals surface area contributed by atoms with E-state index in [9.17, 15) is 18.0 Å². The SMILES string of the molecule is O=c1cc(O)nc2n1CC[C@H](C(F)(F)F)N2. The third-order valence-corrected chi connectivity index (χ3v) is 2.33. The maximum absolute atomic E-state index is 12.4. The molecule has 2 rings (SSSR count). The lowest BCUT2D eigenvalue weighted by molar-refractivity contribution is -0.145. The van der Waals surface area contributed by atoms with Crippen LogP contribution in [-0.4, -0.2) is 26.9 Å². The zero-order valence-electron chi connectivity index (χ0n) is 7.95. The minimum atomic E-state index is -4.39. The van der Waals surface area contributed by atoms with Gasteiger partial charge in [0.2, 0.25) is 11.8 Å². The summed E-state index contributed by atoms with van der Waals surface area (Å²) in [7, 11) is 0. The van der Waals surface area contributed by atoms with Crippen molar-refractivity contribution in [1.82, 2.24) is 9.55 Å². The van der Waals surface area contributed by atoms with Crippen LogP contribution in [0, 0.1) is 0 Å². The number of rotatable bonds is 0. The van der Waals surface area contributed by atoms with E-state index >= 15 is 0 Å². The number of aromatic hydroxyl groups is 1. The monoisotopic (exact) mass is 235 g/mol. The molecule has 0 aliphatic carbocycles. The van der Waals surface area contributed by atoms with Crippen molar-refractivity contribution in [3.63, 3.8) is 0 Å². The Labute approximate surface area is 87.5 Å². The molecule has 2 heterocycles. The van der Waals surface area contributed by atoms with Crippen LogP contribution < -0.4 is 10.9 Å². The van der Waals surface area contributed by atoms with Crippen LogP contribution in [-0.2, 0) is 6.54 Å². The number of alkyl halides is 3. The van der Waals surface area contributed by atoms with Crippen LogP contribution in [0.25, 0.3) is 0 Å². The molecule has 0 radical (unpaired) electrons. The highest BCUT2D eigenvalue weighted by Crippen LogP contribution is 2.28. The van der Waals surface area contributed by atoms with E-state index in [1.165, 1.54) is 0 Å². The molecule has 0 spiro atoms. The highest BCUT2D eigenvalue weighted by Gasteiger charge is 2.41. The van der Waals surface area contributed by atoms with Crippen LogP contribution in [0.5, 0.6) is 5.88 Å². The van der Waals surface area contributed by atoms with E-state index in [1.54, 1.807) is 0 Å². The molecular weight excluding hydrogens is 227 g/mol. The minimum Gasteiger partial charge on any atom is -0.493 e. The summed E-state index contributed by atoms with van der Waals surface area (Å²) in [6.07, 6.45) is -4.63. The van der Waals surface area contributed by atoms with Gasteiger partial charge in [0, 0.05) is 6.54 Å². The van der Waals surface area contributed by atoms with Crippen LogP contribution in [0.15, 0.2) is 10.9 Å². The standard InChI is InChI=1S/C8H8F3N3O2/c9-8(10,11)4-1-2-14-6(16)3-5(15)13-7(14)12-4/h3-4,15H,1-2H2,(H,12,13)/t4-/m1/s1. The predicted octanol–water partition coefficient (Wildman–Crippen LogP) is 0.695. The van der Waals surface area contributed by atoms with E-state index in [0.29, 0.717) is 0 Å². The van der Waals surface area contributed by atoms with Crippen molar-refractivity contribution in [3.05, 3.63) is 16.4 Å². The zero-order valence-corrected chi connectivity index (χ0v) is 7.95. The lowest BCUT2D eigenvalue weighted by Crippen LogP contribution is -2.43. The molecule has 1 atom stereocenters. The highest BCUT2D eigenvalue weighted by molar-refractivity contribution is 5.33. The summed E-state index contributed by atoms with van der Waals surface area (Å²) in [6, 6.07) is -0.875. The maximum Gasteiger partial charge on any atom is 0.408 e. The summed E-state index contributed by atoms with van der Waals surface area (Å²) in [5.41, 5.74) is -0.573. The van der Waals surface area contributed by atoms with Gasteiger partial charge in [-0.15, -0.1) is 0 Å². The molecule has 1 aromatic heterocycles. The van der Waals surface area contributed by atoms with Gasteiger partial charge < -0.3 is 10.4 Å². The normalized spacial score (nSPS) is 20.1. The smallest absolute Gasteiger partial charge is 0.408 e. The van der Waals surface area contributed by atoms with Crippen LogP contribution in [0.1, 0.15) is 6.42 Å². The summed E-state index contributed by atoms with van der Waals surface area (Å²) in [5, 5.41) is 11.1. The van der Waals surface area contributed by atoms with Gasteiger partial charge in [-0.1, -0.05) is 0 Å². The second kappa shape index (κ2) is 3.39. The molecule has 2 N–H and O–H groups in total. The Bertz CT molecular complexity index is 469. The van der Waals surface area contributed by atoms with E-state index in [2.05, 4.69) is 10.3 Å². The molecular formula is C8H8F3N3O2. The van der Waals surface area contributed by atoms with Crippen LogP contribution in [0.3, 0.4) is 0 Å². The van der Waals surface area contributed by atoms with Gasteiger partial charge in [0.25, 0.3) is 5.56 Å². The summed E-state index contributed by atoms with van der Waals surface area (Å²) >= 11 is 0. The van der Waals surface area contributed by atoms with Gasteiger partial charge >= 0.3 is 6.18 Å². The fourth-order valence-electron chi connectivity index (χ4n) is 1.55. The van der Waals surface area contributed by atoms with Crippen molar-refractivity contribution in [2.24, 2.45) is 0 Å². The van der Waals surface area contributed by atoms with E-state index in [-0.39, 0.29) is 18.9 Å². The topological polar surface area (TPSA) is 67.1 Å². The molecule has 0 bridgehead atoms. The first kappa shape index (κ1) is 10.8. The number of hydrogen-bond acceptors (Lipinski definition) is 4. The van der Waals surface area contributed by atoms with Crippen LogP contribution >= 0.6 is 0 Å². The number of fused-ring (bicyclic) bond motifs is 1. The van der Waals surface area contributed by atoms with Crippen LogP contribution in [0.4, 0.5) is 19.1 Å². The van der Waals surface area contributed by atoms with Crippen molar-refractivity contribution >= 4 is 5.95 Å². The number of nitrogens with zero attached hydrogens (tertiary/aromatic N) is 2. The van der Waals surface area contributed by atoms with E-state index in [1.807, 2.05) is 0 Å². The number of nitrogens with one attached hydrogen (secondary N) is 1. The average molecular weight is 235 g/mol. The lowest BCUT2D eigenvalue weighted by atomic mass is 10.1. The molecule has 0 fully saturated rings.